The molecule has 0 saturated heterocycles. The van der Waals surface area contributed by atoms with Crippen LogP contribution in [0.3, 0.4) is 0 Å². The summed E-state index contributed by atoms with van der Waals surface area (Å²) in [5.41, 5.74) is 2.33. The minimum atomic E-state index is -4.64. The molecule has 31 heavy (non-hydrogen) atoms. The average molecular weight is 435 g/mol. The normalized spacial score (nSPS) is 13.5. The Morgan fingerprint density at radius 1 is 1.16 bits per heavy atom. The molecule has 0 aliphatic rings. The third-order valence-electron chi connectivity index (χ3n) is 5.08. The maximum Gasteiger partial charge on any atom is 0.452 e. The maximum absolute atomic E-state index is 13.1. The lowest BCUT2D eigenvalue weighted by Gasteiger charge is -2.19. The van der Waals surface area contributed by atoms with Gasteiger partial charge in [0.25, 0.3) is 0 Å². The Bertz CT molecular complexity index is 1130. The van der Waals surface area contributed by atoms with Crippen molar-refractivity contribution in [2.75, 3.05) is 0 Å². The van der Waals surface area contributed by atoms with Crippen molar-refractivity contribution in [2.45, 2.75) is 53.5 Å². The van der Waals surface area contributed by atoms with Crippen LogP contribution in [-0.2, 0) is 22.3 Å². The summed E-state index contributed by atoms with van der Waals surface area (Å²) < 4.78 is 45.5. The molecule has 1 unspecified atom stereocenters. The predicted molar refractivity (Wildman–Crippen MR) is 107 cm³/mol. The Kier molecular flexibility index (Phi) is 5.84. The molecule has 6 nitrogen and oxygen atoms in total. The van der Waals surface area contributed by atoms with Gasteiger partial charge in [0.15, 0.2) is 5.65 Å². The van der Waals surface area contributed by atoms with E-state index < -0.39 is 23.5 Å². The first-order chi connectivity index (χ1) is 14.3. The molecule has 1 atom stereocenters. The summed E-state index contributed by atoms with van der Waals surface area (Å²) in [4.78, 5) is 12.1. The van der Waals surface area contributed by atoms with E-state index in [1.807, 2.05) is 6.92 Å². The van der Waals surface area contributed by atoms with E-state index in [-0.39, 0.29) is 18.2 Å². The first kappa shape index (κ1) is 22.7. The van der Waals surface area contributed by atoms with Crippen LogP contribution in [0.15, 0.2) is 30.5 Å². The first-order valence-electron chi connectivity index (χ1n) is 9.67. The van der Waals surface area contributed by atoms with E-state index in [2.05, 4.69) is 10.2 Å². The van der Waals surface area contributed by atoms with Crippen molar-refractivity contribution < 1.29 is 27.8 Å². The molecular formula is C22H24F3N3O3. The second-order valence-corrected chi connectivity index (χ2v) is 8.53. The summed E-state index contributed by atoms with van der Waals surface area (Å²) in [5, 5.41) is 17.8. The molecule has 0 fully saturated rings. The van der Waals surface area contributed by atoms with Gasteiger partial charge in [-0.05, 0) is 69.0 Å². The smallest absolute Gasteiger partial charge is 0.452 e. The molecule has 166 valence electrons. The minimum Gasteiger partial charge on any atom is -0.460 e. The van der Waals surface area contributed by atoms with Crippen LogP contribution in [0.1, 0.15) is 60.5 Å². The lowest BCUT2D eigenvalue weighted by molar-refractivity contribution is -0.154. The van der Waals surface area contributed by atoms with Crippen molar-refractivity contribution in [1.82, 2.24) is 14.6 Å². The Labute approximate surface area is 177 Å². The number of pyridine rings is 1. The molecule has 0 bridgehead atoms. The van der Waals surface area contributed by atoms with E-state index in [0.29, 0.717) is 16.7 Å². The average Bonchev–Trinajstić information content (AvgIpc) is 3.11. The largest absolute Gasteiger partial charge is 0.460 e. The van der Waals surface area contributed by atoms with Gasteiger partial charge >= 0.3 is 12.1 Å². The Morgan fingerprint density at radius 2 is 1.84 bits per heavy atom. The van der Waals surface area contributed by atoms with Gasteiger partial charge in [-0.2, -0.15) is 13.2 Å². The zero-order valence-electron chi connectivity index (χ0n) is 17.9. The monoisotopic (exact) mass is 435 g/mol. The molecule has 1 aromatic carbocycles. The number of carbonyl (C=O) groups is 1. The number of aliphatic hydroxyl groups excluding tert-OH is 1. The van der Waals surface area contributed by atoms with Gasteiger partial charge in [-0.3, -0.25) is 9.20 Å². The third-order valence-corrected chi connectivity index (χ3v) is 5.08. The number of rotatable bonds is 4. The fourth-order valence-corrected chi connectivity index (χ4v) is 3.14. The third kappa shape index (κ3) is 4.56. The molecule has 0 saturated carbocycles. The lowest BCUT2D eigenvalue weighted by atomic mass is 9.95. The van der Waals surface area contributed by atoms with Crippen LogP contribution in [0.5, 0.6) is 0 Å². The molecule has 0 aliphatic heterocycles. The van der Waals surface area contributed by atoms with Crippen LogP contribution >= 0.6 is 0 Å². The first-order valence-corrected chi connectivity index (χ1v) is 9.67. The summed E-state index contributed by atoms with van der Waals surface area (Å²) in [6.07, 6.45) is -4.54. The van der Waals surface area contributed by atoms with Crippen LogP contribution in [0.25, 0.3) is 5.65 Å². The number of fused-ring (bicyclic) bond motifs is 1. The van der Waals surface area contributed by atoms with Gasteiger partial charge in [0.2, 0.25) is 5.82 Å². The number of ether oxygens (including phenoxy) is 1. The maximum atomic E-state index is 13.1. The van der Waals surface area contributed by atoms with Gasteiger partial charge in [0, 0.05) is 11.8 Å². The number of aliphatic hydroxyl groups is 1. The highest BCUT2D eigenvalue weighted by molar-refractivity contribution is 5.75. The zero-order chi connectivity index (χ0) is 23.1. The molecule has 0 aliphatic carbocycles. The molecule has 0 amide bonds. The second-order valence-electron chi connectivity index (χ2n) is 8.53. The van der Waals surface area contributed by atoms with Crippen molar-refractivity contribution in [3.05, 3.63) is 64.1 Å². The van der Waals surface area contributed by atoms with Crippen LogP contribution < -0.4 is 0 Å². The van der Waals surface area contributed by atoms with E-state index in [9.17, 15) is 23.1 Å². The van der Waals surface area contributed by atoms with Crippen LogP contribution in [-0.4, -0.2) is 25.7 Å². The van der Waals surface area contributed by atoms with E-state index in [4.69, 9.17) is 4.74 Å². The van der Waals surface area contributed by atoms with E-state index in [0.717, 1.165) is 15.5 Å². The van der Waals surface area contributed by atoms with Crippen LogP contribution in [0, 0.1) is 19.3 Å². The second kappa shape index (κ2) is 7.96. The number of aryl methyl sites for hydroxylation is 2. The number of hydrogen-bond donors (Lipinski definition) is 1. The highest BCUT2D eigenvalue weighted by atomic mass is 19.4. The van der Waals surface area contributed by atoms with Crippen LogP contribution in [0.2, 0.25) is 0 Å². The summed E-state index contributed by atoms with van der Waals surface area (Å²) in [5.74, 6) is -1.46. The molecule has 1 N–H and O–H groups in total. The van der Waals surface area contributed by atoms with Crippen molar-refractivity contribution in [2.24, 2.45) is 5.41 Å². The van der Waals surface area contributed by atoms with E-state index in [1.165, 1.54) is 12.3 Å². The van der Waals surface area contributed by atoms with Gasteiger partial charge in [-0.25, -0.2) is 0 Å². The van der Waals surface area contributed by atoms with Gasteiger partial charge in [-0.1, -0.05) is 12.1 Å². The quantitative estimate of drug-likeness (QED) is 0.609. The van der Waals surface area contributed by atoms with Crippen molar-refractivity contribution in [3.63, 3.8) is 0 Å². The summed E-state index contributed by atoms with van der Waals surface area (Å²) in [7, 11) is 0. The fraction of sp³-hybridized carbons (Fsp3) is 0.409. The number of halogens is 3. The van der Waals surface area contributed by atoms with Crippen molar-refractivity contribution in [3.8, 4) is 0 Å². The molecule has 3 aromatic rings. The number of esters is 1. The summed E-state index contributed by atoms with van der Waals surface area (Å²) >= 11 is 0. The predicted octanol–water partition coefficient (Wildman–Crippen LogP) is 4.54. The lowest BCUT2D eigenvalue weighted by Crippen LogP contribution is -2.22. The number of alkyl halides is 3. The summed E-state index contributed by atoms with van der Waals surface area (Å²) in [6, 6.07) is 6.67. The topological polar surface area (TPSA) is 76.7 Å². The summed E-state index contributed by atoms with van der Waals surface area (Å²) in [6.45, 7) is 8.78. The highest BCUT2D eigenvalue weighted by Gasteiger charge is 2.37. The fourth-order valence-electron chi connectivity index (χ4n) is 3.14. The standard InChI is InChI=1S/C22H24F3N3O3/c1-12-6-7-14(10-15(12)11-31-20(30)21(3,4)5)17(29)16-8-9-28-18(13(16)2)26-27-19(28)22(23,24)25/h6-10,17,29H,11H2,1-5H3. The number of carbonyl (C=O) groups excluding carboxylic acids is 1. The number of hydrogen-bond acceptors (Lipinski definition) is 5. The van der Waals surface area contributed by atoms with Crippen LogP contribution in [0.4, 0.5) is 13.2 Å². The van der Waals surface area contributed by atoms with Gasteiger partial charge < -0.3 is 9.84 Å². The van der Waals surface area contributed by atoms with Crippen molar-refractivity contribution in [1.29, 1.82) is 0 Å². The SMILES string of the molecule is Cc1ccc(C(O)c2ccn3c(C(F)(F)F)nnc3c2C)cc1COC(=O)C(C)(C)C. The minimum absolute atomic E-state index is 0.0234. The number of nitrogens with zero attached hydrogens (tertiary/aromatic N) is 3. The zero-order valence-corrected chi connectivity index (χ0v) is 17.9. The van der Waals surface area contributed by atoms with Crippen molar-refractivity contribution >= 4 is 11.6 Å². The Morgan fingerprint density at radius 3 is 2.45 bits per heavy atom. The van der Waals surface area contributed by atoms with Gasteiger partial charge in [-0.15, -0.1) is 10.2 Å². The number of aromatic nitrogens is 3. The molecule has 9 heteroatoms. The van der Waals surface area contributed by atoms with E-state index >= 15 is 0 Å². The molecule has 0 radical (unpaired) electrons. The molecule has 2 aromatic heterocycles. The number of benzene rings is 1. The highest BCUT2D eigenvalue weighted by Crippen LogP contribution is 2.32. The van der Waals surface area contributed by atoms with Gasteiger partial charge in [0.05, 0.1) is 5.41 Å². The Hall–Kier alpha value is -2.94. The molecule has 2 heterocycles. The molecular weight excluding hydrogens is 411 g/mol. The molecule has 3 rings (SSSR count). The Balaban J connectivity index is 1.92. The molecule has 0 spiro atoms. The van der Waals surface area contributed by atoms with Gasteiger partial charge in [0.1, 0.15) is 12.7 Å². The van der Waals surface area contributed by atoms with E-state index in [1.54, 1.807) is 45.9 Å².